The van der Waals surface area contributed by atoms with Crippen LogP contribution in [-0.4, -0.2) is 15.8 Å². The number of hydrogen-bond acceptors (Lipinski definition) is 3. The minimum absolute atomic E-state index is 0.312. The smallest absolute Gasteiger partial charge is 0.0596 e. The summed E-state index contributed by atoms with van der Waals surface area (Å²) in [7, 11) is 1.99. The van der Waals surface area contributed by atoms with Crippen LogP contribution in [-0.2, 0) is 13.5 Å². The van der Waals surface area contributed by atoms with E-state index in [0.29, 0.717) is 17.4 Å². The van der Waals surface area contributed by atoms with E-state index in [9.17, 15) is 0 Å². The molecule has 0 radical (unpaired) electrons. The number of rotatable bonds is 6. The maximum absolute atomic E-state index is 5.71. The molecule has 0 aliphatic heterocycles. The Morgan fingerprint density at radius 2 is 2.05 bits per heavy atom. The quantitative estimate of drug-likeness (QED) is 0.614. The fraction of sp³-hybridized carbons (Fsp3) is 0.800. The first-order chi connectivity index (χ1) is 8.71. The number of nitrogens with one attached hydrogen (secondary N) is 1. The Hall–Kier alpha value is -0.870. The number of aryl methyl sites for hydroxylation is 2. The second-order valence-electron chi connectivity index (χ2n) is 7.07. The zero-order chi connectivity index (χ0) is 14.6. The highest BCUT2D eigenvalue weighted by atomic mass is 15.3. The summed E-state index contributed by atoms with van der Waals surface area (Å²) < 4.78 is 1.95. The Balaban J connectivity index is 2.57. The number of hydrogen-bond donors (Lipinski definition) is 2. The van der Waals surface area contributed by atoms with Crippen molar-refractivity contribution in [3.05, 3.63) is 17.5 Å². The summed E-state index contributed by atoms with van der Waals surface area (Å²) in [5.41, 5.74) is 5.64. The SMILES string of the molecule is Cc1cc(CC(CC(C)CC(C)(C)C)NN)n(C)n1. The zero-order valence-corrected chi connectivity index (χ0v) is 13.3. The van der Waals surface area contributed by atoms with Crippen LogP contribution in [0.4, 0.5) is 0 Å². The van der Waals surface area contributed by atoms with Crippen LogP contribution in [0.2, 0.25) is 0 Å². The van der Waals surface area contributed by atoms with E-state index in [1.165, 1.54) is 12.1 Å². The average molecular weight is 266 g/mol. The molecule has 0 spiro atoms. The van der Waals surface area contributed by atoms with Crippen molar-refractivity contribution in [3.8, 4) is 0 Å². The average Bonchev–Trinajstić information content (AvgIpc) is 2.53. The predicted octanol–water partition coefficient (Wildman–Crippen LogP) is 2.57. The Kier molecular flexibility index (Phi) is 5.56. The molecule has 2 atom stereocenters. The number of hydrazine groups is 1. The van der Waals surface area contributed by atoms with Gasteiger partial charge in [-0.1, -0.05) is 27.7 Å². The lowest BCUT2D eigenvalue weighted by molar-refractivity contribution is 0.273. The lowest BCUT2D eigenvalue weighted by Gasteiger charge is -2.26. The van der Waals surface area contributed by atoms with E-state index in [1.54, 1.807) is 0 Å². The molecule has 0 saturated heterocycles. The lowest BCUT2D eigenvalue weighted by Crippen LogP contribution is -2.38. The monoisotopic (exact) mass is 266 g/mol. The van der Waals surface area contributed by atoms with E-state index in [1.807, 2.05) is 18.7 Å². The molecule has 1 heterocycles. The van der Waals surface area contributed by atoms with E-state index in [0.717, 1.165) is 18.5 Å². The number of nitrogens with two attached hydrogens (primary N) is 1. The summed E-state index contributed by atoms with van der Waals surface area (Å²) in [5.74, 6) is 6.37. The van der Waals surface area contributed by atoms with E-state index in [2.05, 4.69) is 44.3 Å². The molecule has 0 amide bonds. The highest BCUT2D eigenvalue weighted by molar-refractivity contribution is 5.10. The third-order valence-electron chi connectivity index (χ3n) is 3.44. The van der Waals surface area contributed by atoms with Crippen molar-refractivity contribution < 1.29 is 0 Å². The van der Waals surface area contributed by atoms with Gasteiger partial charge in [-0.15, -0.1) is 0 Å². The molecule has 1 aromatic rings. The van der Waals surface area contributed by atoms with Crippen LogP contribution in [0, 0.1) is 18.3 Å². The highest BCUT2D eigenvalue weighted by Gasteiger charge is 2.19. The van der Waals surface area contributed by atoms with Crippen molar-refractivity contribution in [1.82, 2.24) is 15.2 Å². The molecule has 4 heteroatoms. The van der Waals surface area contributed by atoms with Gasteiger partial charge in [0, 0.05) is 25.2 Å². The number of nitrogens with zero attached hydrogens (tertiary/aromatic N) is 2. The molecular weight excluding hydrogens is 236 g/mol. The highest BCUT2D eigenvalue weighted by Crippen LogP contribution is 2.27. The van der Waals surface area contributed by atoms with E-state index < -0.39 is 0 Å². The van der Waals surface area contributed by atoms with Crippen molar-refractivity contribution in [3.63, 3.8) is 0 Å². The molecule has 19 heavy (non-hydrogen) atoms. The Morgan fingerprint density at radius 1 is 1.42 bits per heavy atom. The van der Waals surface area contributed by atoms with Gasteiger partial charge in [0.1, 0.15) is 0 Å². The Bertz CT molecular complexity index is 389. The van der Waals surface area contributed by atoms with Crippen LogP contribution in [0.15, 0.2) is 6.07 Å². The topological polar surface area (TPSA) is 55.9 Å². The van der Waals surface area contributed by atoms with Crippen LogP contribution in [0.3, 0.4) is 0 Å². The number of aromatic nitrogens is 2. The van der Waals surface area contributed by atoms with Gasteiger partial charge >= 0.3 is 0 Å². The van der Waals surface area contributed by atoms with E-state index in [4.69, 9.17) is 5.84 Å². The first kappa shape index (κ1) is 16.2. The van der Waals surface area contributed by atoms with Crippen molar-refractivity contribution in [1.29, 1.82) is 0 Å². The molecule has 0 aromatic carbocycles. The standard InChI is InChI=1S/C15H30N4/c1-11(10-15(3,4)5)7-13(17-16)9-14-8-12(2)18-19(14)6/h8,11,13,17H,7,9-10,16H2,1-6H3. The van der Waals surface area contributed by atoms with Gasteiger partial charge in [0.2, 0.25) is 0 Å². The van der Waals surface area contributed by atoms with Crippen LogP contribution in [0.5, 0.6) is 0 Å². The van der Waals surface area contributed by atoms with Gasteiger partial charge < -0.3 is 0 Å². The molecule has 1 rings (SSSR count). The maximum Gasteiger partial charge on any atom is 0.0596 e. The largest absolute Gasteiger partial charge is 0.272 e. The van der Waals surface area contributed by atoms with E-state index in [-0.39, 0.29) is 0 Å². The third-order valence-corrected chi connectivity index (χ3v) is 3.44. The Morgan fingerprint density at radius 3 is 2.47 bits per heavy atom. The summed E-state index contributed by atoms with van der Waals surface area (Å²) in [6, 6.07) is 2.45. The van der Waals surface area contributed by atoms with Gasteiger partial charge in [0.05, 0.1) is 5.69 Å². The zero-order valence-electron chi connectivity index (χ0n) is 13.3. The fourth-order valence-corrected chi connectivity index (χ4v) is 2.93. The molecule has 110 valence electrons. The first-order valence-corrected chi connectivity index (χ1v) is 7.17. The molecule has 2 unspecified atom stereocenters. The summed E-state index contributed by atoms with van der Waals surface area (Å²) in [6.07, 6.45) is 3.25. The van der Waals surface area contributed by atoms with Gasteiger partial charge in [0.25, 0.3) is 0 Å². The molecule has 3 N–H and O–H groups in total. The minimum Gasteiger partial charge on any atom is -0.272 e. The predicted molar refractivity (Wildman–Crippen MR) is 80.6 cm³/mol. The van der Waals surface area contributed by atoms with Gasteiger partial charge in [-0.2, -0.15) is 5.10 Å². The second-order valence-corrected chi connectivity index (χ2v) is 7.07. The summed E-state index contributed by atoms with van der Waals surface area (Å²) >= 11 is 0. The molecule has 0 fully saturated rings. The van der Waals surface area contributed by atoms with Gasteiger partial charge in [-0.3, -0.25) is 16.0 Å². The molecule has 0 aliphatic carbocycles. The van der Waals surface area contributed by atoms with Gasteiger partial charge in [0.15, 0.2) is 0 Å². The van der Waals surface area contributed by atoms with E-state index >= 15 is 0 Å². The molecule has 0 bridgehead atoms. The van der Waals surface area contributed by atoms with Crippen molar-refractivity contribution in [2.75, 3.05) is 0 Å². The summed E-state index contributed by atoms with van der Waals surface area (Å²) in [5, 5.41) is 4.39. The normalized spacial score (nSPS) is 15.5. The summed E-state index contributed by atoms with van der Waals surface area (Å²) in [4.78, 5) is 0. The summed E-state index contributed by atoms with van der Waals surface area (Å²) in [6.45, 7) is 11.2. The Labute approximate surface area is 117 Å². The molecule has 0 aliphatic rings. The van der Waals surface area contributed by atoms with Crippen LogP contribution in [0.1, 0.15) is 51.9 Å². The minimum atomic E-state index is 0.312. The van der Waals surface area contributed by atoms with Crippen LogP contribution >= 0.6 is 0 Å². The second kappa shape index (κ2) is 6.53. The van der Waals surface area contributed by atoms with Crippen LogP contribution < -0.4 is 11.3 Å². The fourth-order valence-electron chi connectivity index (χ4n) is 2.93. The van der Waals surface area contributed by atoms with Crippen molar-refractivity contribution in [2.24, 2.45) is 24.2 Å². The molecular formula is C15H30N4. The van der Waals surface area contributed by atoms with Crippen LogP contribution in [0.25, 0.3) is 0 Å². The van der Waals surface area contributed by atoms with Crippen molar-refractivity contribution >= 4 is 0 Å². The molecule has 0 saturated carbocycles. The maximum atomic E-state index is 5.71. The van der Waals surface area contributed by atoms with Crippen molar-refractivity contribution in [2.45, 2.75) is 59.9 Å². The van der Waals surface area contributed by atoms with Gasteiger partial charge in [-0.05, 0) is 37.2 Å². The lowest BCUT2D eigenvalue weighted by atomic mass is 9.82. The first-order valence-electron chi connectivity index (χ1n) is 7.17. The van der Waals surface area contributed by atoms with Gasteiger partial charge in [-0.25, -0.2) is 0 Å². The third kappa shape index (κ3) is 5.74. The molecule has 4 nitrogen and oxygen atoms in total. The molecule has 1 aromatic heterocycles.